The molecule has 0 atom stereocenters. The fourth-order valence-electron chi connectivity index (χ4n) is 1.46. The second-order valence-electron chi connectivity index (χ2n) is 4.54. The number of nitrogens with zero attached hydrogens (tertiary/aromatic N) is 2. The molecule has 10 heteroatoms. The molecule has 0 fully saturated rings. The molecule has 5 nitrogen and oxygen atoms in total. The van der Waals surface area contributed by atoms with Gasteiger partial charge in [0.15, 0.2) is 4.34 Å². The standard InChI is InChI=1S/C13H13F3N4OS2/c1-8-2-4-9(5-3-8)18-11-19-20-12(23-11)22-6-10(21)17-7-13(14,15)16/h2-5H,6-7H2,1H3,(H,17,21)(H,18,19). The fraction of sp³-hybridized carbons (Fsp3) is 0.308. The molecule has 23 heavy (non-hydrogen) atoms. The number of alkyl halides is 3. The average molecular weight is 362 g/mol. The van der Waals surface area contributed by atoms with Gasteiger partial charge in [-0.1, -0.05) is 40.8 Å². The lowest BCUT2D eigenvalue weighted by atomic mass is 10.2. The van der Waals surface area contributed by atoms with E-state index >= 15 is 0 Å². The molecule has 1 amide bonds. The number of hydrogen-bond acceptors (Lipinski definition) is 6. The van der Waals surface area contributed by atoms with E-state index in [-0.39, 0.29) is 5.75 Å². The lowest BCUT2D eigenvalue weighted by Gasteiger charge is -2.07. The first-order chi connectivity index (χ1) is 10.8. The molecule has 2 aromatic rings. The van der Waals surface area contributed by atoms with Crippen LogP contribution in [0.2, 0.25) is 0 Å². The molecule has 124 valence electrons. The maximum atomic E-state index is 12.0. The largest absolute Gasteiger partial charge is 0.405 e. The van der Waals surface area contributed by atoms with Gasteiger partial charge in [0.05, 0.1) is 5.75 Å². The monoisotopic (exact) mass is 362 g/mol. The molecule has 0 aliphatic carbocycles. The van der Waals surface area contributed by atoms with Crippen LogP contribution in [0, 0.1) is 6.92 Å². The lowest BCUT2D eigenvalue weighted by molar-refractivity contribution is -0.136. The molecule has 1 aromatic carbocycles. The number of amides is 1. The van der Waals surface area contributed by atoms with Crippen LogP contribution >= 0.6 is 23.1 Å². The second kappa shape index (κ2) is 7.64. The topological polar surface area (TPSA) is 66.9 Å². The van der Waals surface area contributed by atoms with Gasteiger partial charge >= 0.3 is 6.18 Å². The summed E-state index contributed by atoms with van der Waals surface area (Å²) in [5.41, 5.74) is 1.99. The first-order valence-electron chi connectivity index (χ1n) is 6.45. The molecular weight excluding hydrogens is 349 g/mol. The Labute approximate surface area is 138 Å². The number of anilines is 2. The van der Waals surface area contributed by atoms with Crippen LogP contribution in [0.15, 0.2) is 28.6 Å². The van der Waals surface area contributed by atoms with Crippen molar-refractivity contribution in [3.63, 3.8) is 0 Å². The first-order valence-corrected chi connectivity index (χ1v) is 8.25. The molecular formula is C13H13F3N4OS2. The van der Waals surface area contributed by atoms with E-state index in [1.807, 2.05) is 31.2 Å². The van der Waals surface area contributed by atoms with Crippen LogP contribution in [0.3, 0.4) is 0 Å². The maximum absolute atomic E-state index is 12.0. The van der Waals surface area contributed by atoms with Crippen LogP contribution in [0.1, 0.15) is 5.56 Å². The van der Waals surface area contributed by atoms with E-state index in [2.05, 4.69) is 15.5 Å². The van der Waals surface area contributed by atoms with Crippen molar-refractivity contribution in [3.05, 3.63) is 29.8 Å². The summed E-state index contributed by atoms with van der Waals surface area (Å²) in [6, 6.07) is 7.69. The minimum absolute atomic E-state index is 0.144. The number of halogens is 3. The highest BCUT2D eigenvalue weighted by Gasteiger charge is 2.27. The van der Waals surface area contributed by atoms with Gasteiger partial charge in [-0.15, -0.1) is 10.2 Å². The van der Waals surface area contributed by atoms with Gasteiger partial charge in [0.1, 0.15) is 6.54 Å². The zero-order valence-corrected chi connectivity index (χ0v) is 13.6. The Morgan fingerprint density at radius 3 is 2.61 bits per heavy atom. The van der Waals surface area contributed by atoms with Crippen molar-refractivity contribution in [1.82, 2.24) is 15.5 Å². The first kappa shape index (κ1) is 17.5. The van der Waals surface area contributed by atoms with Gasteiger partial charge in [0.25, 0.3) is 0 Å². The van der Waals surface area contributed by atoms with Gasteiger partial charge in [0, 0.05) is 5.69 Å². The summed E-state index contributed by atoms with van der Waals surface area (Å²) < 4.78 is 36.4. The van der Waals surface area contributed by atoms with Crippen LogP contribution in [0.4, 0.5) is 24.0 Å². The van der Waals surface area contributed by atoms with Crippen molar-refractivity contribution in [2.45, 2.75) is 17.4 Å². The Morgan fingerprint density at radius 2 is 1.96 bits per heavy atom. The molecule has 1 aromatic heterocycles. The van der Waals surface area contributed by atoms with E-state index in [1.165, 1.54) is 11.3 Å². The van der Waals surface area contributed by atoms with E-state index in [1.54, 1.807) is 5.32 Å². The van der Waals surface area contributed by atoms with Crippen LogP contribution in [-0.4, -0.2) is 34.6 Å². The van der Waals surface area contributed by atoms with E-state index in [0.717, 1.165) is 23.0 Å². The number of aromatic nitrogens is 2. The Hall–Kier alpha value is -1.81. The number of benzene rings is 1. The van der Waals surface area contributed by atoms with Gasteiger partial charge in [0.2, 0.25) is 11.0 Å². The van der Waals surface area contributed by atoms with E-state index in [4.69, 9.17) is 0 Å². The molecule has 0 aliphatic heterocycles. The predicted molar refractivity (Wildman–Crippen MR) is 84.2 cm³/mol. The van der Waals surface area contributed by atoms with Crippen LogP contribution in [0.5, 0.6) is 0 Å². The van der Waals surface area contributed by atoms with E-state index in [9.17, 15) is 18.0 Å². The third kappa shape index (κ3) is 6.45. The molecule has 0 aliphatic rings. The van der Waals surface area contributed by atoms with Crippen molar-refractivity contribution >= 4 is 39.8 Å². The zero-order valence-electron chi connectivity index (χ0n) is 12.0. The summed E-state index contributed by atoms with van der Waals surface area (Å²) in [5.74, 6) is -0.842. The van der Waals surface area contributed by atoms with Gasteiger partial charge in [-0.2, -0.15) is 13.2 Å². The fourth-order valence-corrected chi connectivity index (χ4v) is 3.06. The second-order valence-corrected chi connectivity index (χ2v) is 6.74. The molecule has 2 N–H and O–H groups in total. The highest BCUT2D eigenvalue weighted by atomic mass is 32.2. The van der Waals surface area contributed by atoms with E-state index < -0.39 is 18.6 Å². The highest BCUT2D eigenvalue weighted by molar-refractivity contribution is 8.01. The number of aryl methyl sites for hydroxylation is 1. The maximum Gasteiger partial charge on any atom is 0.405 e. The van der Waals surface area contributed by atoms with Crippen LogP contribution in [-0.2, 0) is 4.79 Å². The van der Waals surface area contributed by atoms with Crippen molar-refractivity contribution in [2.75, 3.05) is 17.6 Å². The SMILES string of the molecule is Cc1ccc(Nc2nnc(SCC(=O)NCC(F)(F)F)s2)cc1. The molecule has 0 saturated carbocycles. The summed E-state index contributed by atoms with van der Waals surface area (Å²) in [6.45, 7) is 0.649. The zero-order chi connectivity index (χ0) is 16.9. The average Bonchev–Trinajstić information content (AvgIpc) is 2.92. The highest BCUT2D eigenvalue weighted by Crippen LogP contribution is 2.27. The Bertz CT molecular complexity index is 658. The third-order valence-electron chi connectivity index (χ3n) is 2.52. The van der Waals surface area contributed by atoms with Crippen molar-refractivity contribution in [1.29, 1.82) is 0 Å². The van der Waals surface area contributed by atoms with Gasteiger partial charge < -0.3 is 10.6 Å². The predicted octanol–water partition coefficient (Wildman–Crippen LogP) is 3.36. The molecule has 0 saturated heterocycles. The Kier molecular flexibility index (Phi) is 5.83. The van der Waals surface area contributed by atoms with Crippen LogP contribution < -0.4 is 10.6 Å². The van der Waals surface area contributed by atoms with Crippen molar-refractivity contribution in [2.24, 2.45) is 0 Å². The quantitative estimate of drug-likeness (QED) is 0.772. The summed E-state index contributed by atoms with van der Waals surface area (Å²) in [5, 5.41) is 13.2. The number of carbonyl (C=O) groups is 1. The Morgan fingerprint density at radius 1 is 1.26 bits per heavy atom. The van der Waals surface area contributed by atoms with Crippen LogP contribution in [0.25, 0.3) is 0 Å². The summed E-state index contributed by atoms with van der Waals surface area (Å²) in [4.78, 5) is 11.3. The van der Waals surface area contributed by atoms with E-state index in [0.29, 0.717) is 9.47 Å². The number of carbonyl (C=O) groups excluding carboxylic acids is 1. The smallest absolute Gasteiger partial charge is 0.346 e. The molecule has 1 heterocycles. The molecule has 0 unspecified atom stereocenters. The Balaban J connectivity index is 1.80. The minimum Gasteiger partial charge on any atom is -0.346 e. The summed E-state index contributed by atoms with van der Waals surface area (Å²) in [6.07, 6.45) is -4.41. The normalized spacial score (nSPS) is 11.3. The van der Waals surface area contributed by atoms with Gasteiger partial charge in [-0.3, -0.25) is 4.79 Å². The molecule has 0 bridgehead atoms. The van der Waals surface area contributed by atoms with Crippen molar-refractivity contribution < 1.29 is 18.0 Å². The summed E-state index contributed by atoms with van der Waals surface area (Å²) >= 11 is 2.26. The minimum atomic E-state index is -4.41. The summed E-state index contributed by atoms with van der Waals surface area (Å²) in [7, 11) is 0. The number of nitrogens with one attached hydrogen (secondary N) is 2. The molecule has 0 spiro atoms. The molecule has 0 radical (unpaired) electrons. The lowest BCUT2D eigenvalue weighted by Crippen LogP contribution is -2.34. The number of rotatable bonds is 6. The number of hydrogen-bond donors (Lipinski definition) is 2. The molecule has 2 rings (SSSR count). The van der Waals surface area contributed by atoms with Gasteiger partial charge in [-0.25, -0.2) is 0 Å². The van der Waals surface area contributed by atoms with Crippen molar-refractivity contribution in [3.8, 4) is 0 Å². The third-order valence-corrected chi connectivity index (χ3v) is 4.49. The number of thioether (sulfide) groups is 1. The van der Waals surface area contributed by atoms with Gasteiger partial charge in [-0.05, 0) is 19.1 Å².